The van der Waals surface area contributed by atoms with Crippen LogP contribution in [0, 0.1) is 6.92 Å². The van der Waals surface area contributed by atoms with Crippen molar-refractivity contribution >= 4 is 33.4 Å². The summed E-state index contributed by atoms with van der Waals surface area (Å²) in [5.74, 6) is 0.554. The quantitative estimate of drug-likeness (QED) is 0.527. The Labute approximate surface area is 183 Å². The zero-order valence-electron chi connectivity index (χ0n) is 16.2. The number of aromatic nitrogens is 3. The van der Waals surface area contributed by atoms with Gasteiger partial charge in [0.05, 0.1) is 5.69 Å². The lowest BCUT2D eigenvalue weighted by atomic mass is 9.95. The topological polar surface area (TPSA) is 59.8 Å². The maximum Gasteiger partial charge on any atom is 0.291 e. The molecule has 29 heavy (non-hydrogen) atoms. The van der Waals surface area contributed by atoms with Gasteiger partial charge in [-0.3, -0.25) is 4.79 Å². The summed E-state index contributed by atoms with van der Waals surface area (Å²) >= 11 is 9.80. The first-order valence-electron chi connectivity index (χ1n) is 9.82. The van der Waals surface area contributed by atoms with Crippen LogP contribution in [-0.2, 0) is 0 Å². The maximum absolute atomic E-state index is 12.9. The van der Waals surface area contributed by atoms with E-state index in [4.69, 9.17) is 11.6 Å². The molecule has 1 saturated carbocycles. The summed E-state index contributed by atoms with van der Waals surface area (Å²) in [5.41, 5.74) is 2.56. The molecule has 7 heteroatoms. The lowest BCUT2D eigenvalue weighted by molar-refractivity contribution is 0.0917. The third kappa shape index (κ3) is 4.38. The van der Waals surface area contributed by atoms with Crippen molar-refractivity contribution in [1.29, 1.82) is 0 Å². The molecule has 1 heterocycles. The highest BCUT2D eigenvalue weighted by Crippen LogP contribution is 2.27. The van der Waals surface area contributed by atoms with Gasteiger partial charge in [-0.2, -0.15) is 0 Å². The highest BCUT2D eigenvalue weighted by Gasteiger charge is 2.23. The summed E-state index contributed by atoms with van der Waals surface area (Å²) < 4.78 is 2.68. The molecule has 4 rings (SSSR count). The van der Waals surface area contributed by atoms with E-state index in [1.54, 1.807) is 4.68 Å². The van der Waals surface area contributed by atoms with Crippen LogP contribution in [0.1, 0.15) is 48.3 Å². The Morgan fingerprint density at radius 3 is 2.59 bits per heavy atom. The molecule has 1 fully saturated rings. The Hall–Kier alpha value is -2.18. The van der Waals surface area contributed by atoms with Gasteiger partial charge in [0, 0.05) is 21.1 Å². The Morgan fingerprint density at radius 2 is 1.86 bits per heavy atom. The van der Waals surface area contributed by atoms with Gasteiger partial charge in [-0.05, 0) is 49.6 Å². The molecule has 1 aliphatic rings. The first kappa shape index (κ1) is 20.1. The Bertz CT molecular complexity index is 1030. The maximum atomic E-state index is 12.9. The molecular formula is C22H22BrClN4O. The van der Waals surface area contributed by atoms with Crippen LogP contribution in [0.3, 0.4) is 0 Å². The number of carbonyl (C=O) groups excluding carboxylic acids is 1. The second-order valence-corrected chi connectivity index (χ2v) is 8.69. The summed E-state index contributed by atoms with van der Waals surface area (Å²) in [7, 11) is 0. The molecular weight excluding hydrogens is 452 g/mol. The van der Waals surface area contributed by atoms with E-state index in [0.29, 0.717) is 10.8 Å². The van der Waals surface area contributed by atoms with Crippen molar-refractivity contribution < 1.29 is 4.79 Å². The molecule has 2 aromatic carbocycles. The van der Waals surface area contributed by atoms with Crippen molar-refractivity contribution in [3.63, 3.8) is 0 Å². The lowest BCUT2D eigenvalue weighted by Crippen LogP contribution is -2.36. The predicted octanol–water partition coefficient (Wildman–Crippen LogP) is 5.72. The number of nitrogens with one attached hydrogen (secondary N) is 1. The summed E-state index contributed by atoms with van der Waals surface area (Å²) in [4.78, 5) is 17.5. The number of hydrogen-bond donors (Lipinski definition) is 1. The summed E-state index contributed by atoms with van der Waals surface area (Å²) in [5, 5.41) is 8.32. The molecule has 0 aliphatic heterocycles. The van der Waals surface area contributed by atoms with Gasteiger partial charge in [0.1, 0.15) is 0 Å². The number of rotatable bonds is 4. The van der Waals surface area contributed by atoms with E-state index in [-0.39, 0.29) is 17.8 Å². The molecule has 1 amide bonds. The van der Waals surface area contributed by atoms with Gasteiger partial charge in [-0.25, -0.2) is 9.67 Å². The number of carbonyl (C=O) groups is 1. The van der Waals surface area contributed by atoms with E-state index in [1.807, 2.05) is 49.4 Å². The average molecular weight is 474 g/mol. The second-order valence-electron chi connectivity index (χ2n) is 7.37. The minimum atomic E-state index is -0.228. The molecule has 0 bridgehead atoms. The SMILES string of the molecule is Cc1c(Cl)cccc1-n1nc(C(=O)NC2CCCCC2)nc1-c1ccc(Br)cc1. The normalized spacial score (nSPS) is 14.7. The van der Waals surface area contributed by atoms with E-state index >= 15 is 0 Å². The average Bonchev–Trinajstić information content (AvgIpc) is 3.17. The number of amides is 1. The van der Waals surface area contributed by atoms with E-state index in [9.17, 15) is 4.79 Å². The van der Waals surface area contributed by atoms with Crippen LogP contribution in [0.4, 0.5) is 0 Å². The monoisotopic (exact) mass is 472 g/mol. The van der Waals surface area contributed by atoms with E-state index < -0.39 is 0 Å². The van der Waals surface area contributed by atoms with Gasteiger partial charge >= 0.3 is 0 Å². The third-order valence-corrected chi connectivity index (χ3v) is 6.26. The van der Waals surface area contributed by atoms with Crippen LogP contribution in [0.15, 0.2) is 46.9 Å². The van der Waals surface area contributed by atoms with Crippen molar-refractivity contribution in [2.75, 3.05) is 0 Å². The van der Waals surface area contributed by atoms with Crippen molar-refractivity contribution in [2.45, 2.75) is 45.1 Å². The van der Waals surface area contributed by atoms with Crippen LogP contribution < -0.4 is 5.32 Å². The largest absolute Gasteiger partial charge is 0.347 e. The van der Waals surface area contributed by atoms with Crippen LogP contribution in [-0.4, -0.2) is 26.7 Å². The van der Waals surface area contributed by atoms with Crippen LogP contribution in [0.2, 0.25) is 5.02 Å². The van der Waals surface area contributed by atoms with Crippen molar-refractivity contribution in [2.24, 2.45) is 0 Å². The Kier molecular flexibility index (Phi) is 6.01. The fourth-order valence-electron chi connectivity index (χ4n) is 3.68. The minimum Gasteiger partial charge on any atom is -0.347 e. The molecule has 0 spiro atoms. The van der Waals surface area contributed by atoms with Crippen molar-refractivity contribution in [1.82, 2.24) is 20.1 Å². The molecule has 5 nitrogen and oxygen atoms in total. The number of nitrogens with zero attached hydrogens (tertiary/aromatic N) is 3. The molecule has 0 unspecified atom stereocenters. The van der Waals surface area contributed by atoms with Gasteiger partial charge in [0.15, 0.2) is 5.82 Å². The van der Waals surface area contributed by atoms with Gasteiger partial charge in [-0.15, -0.1) is 5.10 Å². The highest BCUT2D eigenvalue weighted by molar-refractivity contribution is 9.10. The van der Waals surface area contributed by atoms with E-state index in [2.05, 4.69) is 31.3 Å². The van der Waals surface area contributed by atoms with E-state index in [0.717, 1.165) is 47.0 Å². The molecule has 0 atom stereocenters. The molecule has 150 valence electrons. The fraction of sp³-hybridized carbons (Fsp3) is 0.318. The second kappa shape index (κ2) is 8.67. The molecule has 1 N–H and O–H groups in total. The molecule has 0 saturated heterocycles. The van der Waals surface area contributed by atoms with Crippen LogP contribution in [0.25, 0.3) is 17.1 Å². The van der Waals surface area contributed by atoms with Gasteiger partial charge < -0.3 is 5.32 Å². The molecule has 1 aromatic heterocycles. The number of halogens is 2. The zero-order valence-corrected chi connectivity index (χ0v) is 18.5. The zero-order chi connectivity index (χ0) is 20.4. The van der Waals surface area contributed by atoms with Crippen LogP contribution in [0.5, 0.6) is 0 Å². The van der Waals surface area contributed by atoms with Gasteiger partial charge in [-0.1, -0.05) is 65.0 Å². The van der Waals surface area contributed by atoms with Crippen molar-refractivity contribution in [3.8, 4) is 17.1 Å². The Balaban J connectivity index is 1.75. The first-order valence-corrected chi connectivity index (χ1v) is 11.0. The summed E-state index contributed by atoms with van der Waals surface area (Å²) in [6.45, 7) is 1.94. The highest BCUT2D eigenvalue weighted by atomic mass is 79.9. The van der Waals surface area contributed by atoms with Crippen LogP contribution >= 0.6 is 27.5 Å². The predicted molar refractivity (Wildman–Crippen MR) is 119 cm³/mol. The van der Waals surface area contributed by atoms with Crippen molar-refractivity contribution in [3.05, 3.63) is 63.3 Å². The first-order chi connectivity index (χ1) is 14.0. The minimum absolute atomic E-state index is 0.174. The smallest absolute Gasteiger partial charge is 0.291 e. The number of benzene rings is 2. The summed E-state index contributed by atoms with van der Waals surface area (Å²) in [6.07, 6.45) is 5.57. The molecule has 0 radical (unpaired) electrons. The Morgan fingerprint density at radius 1 is 1.14 bits per heavy atom. The number of hydrogen-bond acceptors (Lipinski definition) is 3. The molecule has 3 aromatic rings. The summed E-state index contributed by atoms with van der Waals surface area (Å²) in [6, 6.07) is 13.6. The lowest BCUT2D eigenvalue weighted by Gasteiger charge is -2.21. The van der Waals surface area contributed by atoms with Gasteiger partial charge in [0.25, 0.3) is 5.91 Å². The fourth-order valence-corrected chi connectivity index (χ4v) is 4.12. The molecule has 1 aliphatic carbocycles. The van der Waals surface area contributed by atoms with E-state index in [1.165, 1.54) is 6.42 Å². The van der Waals surface area contributed by atoms with Gasteiger partial charge in [0.2, 0.25) is 5.82 Å². The standard InChI is InChI=1S/C22H22BrClN4O/c1-14-18(24)8-5-9-19(14)28-21(15-10-12-16(23)13-11-15)26-20(27-28)22(29)25-17-6-3-2-4-7-17/h5,8-13,17H,2-4,6-7H2,1H3,(H,25,29). The third-order valence-electron chi connectivity index (χ3n) is 5.32.